The molecule has 0 bridgehead atoms. The highest BCUT2D eigenvalue weighted by atomic mass is 16.4. The van der Waals surface area contributed by atoms with Crippen LogP contribution in [-0.2, 0) is 16.0 Å². The Bertz CT molecular complexity index is 379. The molecule has 0 saturated carbocycles. The first-order valence-electron chi connectivity index (χ1n) is 5.07. The monoisotopic (exact) mass is 226 g/mol. The molecule has 1 aromatic rings. The number of furan rings is 1. The van der Waals surface area contributed by atoms with Crippen LogP contribution in [0, 0.1) is 0 Å². The summed E-state index contributed by atoms with van der Waals surface area (Å²) in [6, 6.07) is 3.23. The highest BCUT2D eigenvalue weighted by molar-refractivity contribution is 5.81. The van der Waals surface area contributed by atoms with Crippen molar-refractivity contribution in [2.24, 2.45) is 0 Å². The van der Waals surface area contributed by atoms with Crippen molar-refractivity contribution in [1.82, 2.24) is 0 Å². The lowest BCUT2D eigenvalue weighted by atomic mass is 10.0. The minimum absolute atomic E-state index is 0.207. The van der Waals surface area contributed by atoms with Crippen LogP contribution in [0.2, 0.25) is 0 Å². The Morgan fingerprint density at radius 1 is 1.38 bits per heavy atom. The molecule has 0 aliphatic rings. The van der Waals surface area contributed by atoms with E-state index in [1.165, 1.54) is 6.07 Å². The van der Waals surface area contributed by atoms with Gasteiger partial charge in [-0.2, -0.15) is 0 Å². The van der Waals surface area contributed by atoms with Gasteiger partial charge >= 0.3 is 11.9 Å². The Hall–Kier alpha value is -1.78. The molecule has 0 aromatic carbocycles. The number of carboxylic acids is 2. The Balaban J connectivity index is 2.84. The average molecular weight is 226 g/mol. The topological polar surface area (TPSA) is 87.7 Å². The Kier molecular flexibility index (Phi) is 4.10. The third-order valence-corrected chi connectivity index (χ3v) is 2.20. The van der Waals surface area contributed by atoms with Gasteiger partial charge in [0.05, 0.1) is 6.42 Å². The molecule has 0 radical (unpaired) electrons. The van der Waals surface area contributed by atoms with E-state index in [2.05, 4.69) is 0 Å². The van der Waals surface area contributed by atoms with Crippen molar-refractivity contribution in [3.05, 3.63) is 23.7 Å². The van der Waals surface area contributed by atoms with Gasteiger partial charge in [0.1, 0.15) is 17.4 Å². The number of carbonyl (C=O) groups is 2. The van der Waals surface area contributed by atoms with Crippen LogP contribution < -0.4 is 0 Å². The van der Waals surface area contributed by atoms with Crippen LogP contribution in [0.25, 0.3) is 0 Å². The number of rotatable bonds is 6. The van der Waals surface area contributed by atoms with Gasteiger partial charge in [0.15, 0.2) is 0 Å². The SMILES string of the molecule is CCCc1ccc(C(CC(=O)O)C(=O)O)o1. The number of carboxylic acid groups (broad SMARTS) is 2. The first-order valence-corrected chi connectivity index (χ1v) is 5.07. The van der Waals surface area contributed by atoms with Crippen LogP contribution in [0.15, 0.2) is 16.5 Å². The second-order valence-corrected chi connectivity index (χ2v) is 3.54. The summed E-state index contributed by atoms with van der Waals surface area (Å²) in [5.74, 6) is -2.55. The van der Waals surface area contributed by atoms with Crippen molar-refractivity contribution in [3.8, 4) is 0 Å². The lowest BCUT2D eigenvalue weighted by Gasteiger charge is -2.05. The predicted molar refractivity (Wildman–Crippen MR) is 55.3 cm³/mol. The summed E-state index contributed by atoms with van der Waals surface area (Å²) in [6.07, 6.45) is 1.15. The van der Waals surface area contributed by atoms with Crippen molar-refractivity contribution in [2.45, 2.75) is 32.1 Å². The first kappa shape index (κ1) is 12.3. The maximum Gasteiger partial charge on any atom is 0.314 e. The van der Waals surface area contributed by atoms with E-state index in [1.54, 1.807) is 6.07 Å². The molecule has 88 valence electrons. The lowest BCUT2D eigenvalue weighted by molar-refractivity contribution is -0.145. The Labute approximate surface area is 92.7 Å². The summed E-state index contributed by atoms with van der Waals surface area (Å²) in [4.78, 5) is 21.4. The summed E-state index contributed by atoms with van der Waals surface area (Å²) in [5.41, 5.74) is 0. The molecular formula is C11H14O5. The van der Waals surface area contributed by atoms with E-state index in [0.29, 0.717) is 5.76 Å². The molecule has 0 saturated heterocycles. The van der Waals surface area contributed by atoms with E-state index < -0.39 is 24.3 Å². The molecule has 0 spiro atoms. The Morgan fingerprint density at radius 2 is 2.06 bits per heavy atom. The second kappa shape index (κ2) is 5.34. The van der Waals surface area contributed by atoms with Gasteiger partial charge in [-0.25, -0.2) is 0 Å². The summed E-state index contributed by atoms with van der Waals surface area (Å²) in [5, 5.41) is 17.5. The van der Waals surface area contributed by atoms with Gasteiger partial charge < -0.3 is 14.6 Å². The van der Waals surface area contributed by atoms with E-state index >= 15 is 0 Å². The number of hydrogen-bond acceptors (Lipinski definition) is 3. The molecule has 1 unspecified atom stereocenters. The van der Waals surface area contributed by atoms with Crippen LogP contribution >= 0.6 is 0 Å². The van der Waals surface area contributed by atoms with Gasteiger partial charge in [0.2, 0.25) is 0 Å². The summed E-state index contributed by atoms with van der Waals surface area (Å²) in [6.45, 7) is 1.98. The smallest absolute Gasteiger partial charge is 0.314 e. The molecule has 1 aromatic heterocycles. The summed E-state index contributed by atoms with van der Waals surface area (Å²) < 4.78 is 5.30. The number of hydrogen-bond donors (Lipinski definition) is 2. The maximum absolute atomic E-state index is 10.9. The van der Waals surface area contributed by atoms with Crippen LogP contribution in [0.1, 0.15) is 37.2 Å². The molecule has 2 N–H and O–H groups in total. The number of aryl methyl sites for hydroxylation is 1. The van der Waals surface area contributed by atoms with Crippen molar-refractivity contribution in [2.75, 3.05) is 0 Å². The fourth-order valence-electron chi connectivity index (χ4n) is 1.45. The van der Waals surface area contributed by atoms with E-state index in [9.17, 15) is 9.59 Å². The summed E-state index contributed by atoms with van der Waals surface area (Å²) in [7, 11) is 0. The Morgan fingerprint density at radius 3 is 2.56 bits per heavy atom. The molecule has 1 rings (SSSR count). The molecule has 1 atom stereocenters. The van der Waals surface area contributed by atoms with E-state index in [0.717, 1.165) is 12.8 Å². The van der Waals surface area contributed by atoms with Crippen LogP contribution in [-0.4, -0.2) is 22.2 Å². The zero-order valence-corrected chi connectivity index (χ0v) is 8.97. The molecule has 1 heterocycles. The van der Waals surface area contributed by atoms with E-state index in [1.807, 2.05) is 6.92 Å². The van der Waals surface area contributed by atoms with Gasteiger partial charge in [-0.1, -0.05) is 6.92 Å². The zero-order chi connectivity index (χ0) is 12.1. The molecular weight excluding hydrogens is 212 g/mol. The largest absolute Gasteiger partial charge is 0.481 e. The summed E-state index contributed by atoms with van der Waals surface area (Å²) >= 11 is 0. The molecule has 5 heteroatoms. The highest BCUT2D eigenvalue weighted by Gasteiger charge is 2.26. The van der Waals surface area contributed by atoms with E-state index in [4.69, 9.17) is 14.6 Å². The van der Waals surface area contributed by atoms with Crippen molar-refractivity contribution in [3.63, 3.8) is 0 Å². The number of aliphatic carboxylic acids is 2. The van der Waals surface area contributed by atoms with Crippen LogP contribution in [0.4, 0.5) is 0 Å². The molecule has 0 aliphatic heterocycles. The normalized spacial score (nSPS) is 12.3. The minimum atomic E-state index is -1.18. The minimum Gasteiger partial charge on any atom is -0.481 e. The predicted octanol–water partition coefficient (Wildman–Crippen LogP) is 1.88. The van der Waals surface area contributed by atoms with Crippen LogP contribution in [0.3, 0.4) is 0 Å². The second-order valence-electron chi connectivity index (χ2n) is 3.54. The van der Waals surface area contributed by atoms with Gasteiger partial charge in [0.25, 0.3) is 0 Å². The lowest BCUT2D eigenvalue weighted by Crippen LogP contribution is -2.15. The van der Waals surface area contributed by atoms with Crippen molar-refractivity contribution >= 4 is 11.9 Å². The van der Waals surface area contributed by atoms with Gasteiger partial charge in [-0.3, -0.25) is 9.59 Å². The molecule has 5 nitrogen and oxygen atoms in total. The standard InChI is InChI=1S/C11H14O5/c1-2-3-7-4-5-9(16-7)8(11(14)15)6-10(12)13/h4-5,8H,2-3,6H2,1H3,(H,12,13)(H,14,15). The fourth-order valence-corrected chi connectivity index (χ4v) is 1.45. The quantitative estimate of drug-likeness (QED) is 0.773. The van der Waals surface area contributed by atoms with Crippen molar-refractivity contribution in [1.29, 1.82) is 0 Å². The molecule has 0 fully saturated rings. The fraction of sp³-hybridized carbons (Fsp3) is 0.455. The molecule has 0 aliphatic carbocycles. The molecule has 16 heavy (non-hydrogen) atoms. The highest BCUT2D eigenvalue weighted by Crippen LogP contribution is 2.23. The maximum atomic E-state index is 10.9. The van der Waals surface area contributed by atoms with Crippen LogP contribution in [0.5, 0.6) is 0 Å². The zero-order valence-electron chi connectivity index (χ0n) is 8.97. The molecule has 0 amide bonds. The third kappa shape index (κ3) is 3.12. The first-order chi connectivity index (χ1) is 7.54. The van der Waals surface area contributed by atoms with Crippen molar-refractivity contribution < 1.29 is 24.2 Å². The van der Waals surface area contributed by atoms with Gasteiger partial charge in [0, 0.05) is 6.42 Å². The van der Waals surface area contributed by atoms with E-state index in [-0.39, 0.29) is 5.76 Å². The third-order valence-electron chi connectivity index (χ3n) is 2.20. The van der Waals surface area contributed by atoms with Gasteiger partial charge in [-0.15, -0.1) is 0 Å². The van der Waals surface area contributed by atoms with Gasteiger partial charge in [-0.05, 0) is 18.6 Å². The average Bonchev–Trinajstić information content (AvgIpc) is 2.62.